The number of nitro benzene ring substituents is 1. The third-order valence-electron chi connectivity index (χ3n) is 4.11. The number of non-ortho nitro benzene ring substituents is 1. The highest BCUT2D eigenvalue weighted by Crippen LogP contribution is 2.16. The second-order valence-electron chi connectivity index (χ2n) is 6.39. The smallest absolute Gasteiger partial charge is 0.407 e. The van der Waals surface area contributed by atoms with Crippen LogP contribution in [0.3, 0.4) is 0 Å². The van der Waals surface area contributed by atoms with E-state index in [1.54, 1.807) is 24.3 Å². The van der Waals surface area contributed by atoms with Crippen molar-refractivity contribution in [2.75, 3.05) is 6.54 Å². The normalized spacial score (nSPS) is 12.0. The number of nitrogens with one attached hydrogen (secondary N) is 2. The number of aliphatic carboxylic acids is 1. The molecule has 12 heteroatoms. The van der Waals surface area contributed by atoms with Gasteiger partial charge in [-0.25, -0.2) is 13.2 Å². The van der Waals surface area contributed by atoms with Crippen molar-refractivity contribution in [3.8, 4) is 0 Å². The van der Waals surface area contributed by atoms with Gasteiger partial charge in [-0.1, -0.05) is 30.3 Å². The zero-order chi connectivity index (χ0) is 22.9. The van der Waals surface area contributed by atoms with Gasteiger partial charge in [-0.15, -0.1) is 0 Å². The fourth-order valence-electron chi connectivity index (χ4n) is 2.51. The number of alkyl carbamates (subject to hydrolysis) is 1. The van der Waals surface area contributed by atoms with E-state index in [0.717, 1.165) is 29.8 Å². The third-order valence-corrected chi connectivity index (χ3v) is 5.59. The molecule has 0 aliphatic heterocycles. The lowest BCUT2D eigenvalue weighted by Crippen LogP contribution is -2.41. The maximum absolute atomic E-state index is 12.4. The highest BCUT2D eigenvalue weighted by Gasteiger charge is 2.25. The molecule has 0 fully saturated rings. The van der Waals surface area contributed by atoms with Gasteiger partial charge in [0.25, 0.3) is 5.69 Å². The second kappa shape index (κ2) is 11.0. The van der Waals surface area contributed by atoms with E-state index in [1.165, 1.54) is 0 Å². The van der Waals surface area contributed by atoms with Crippen LogP contribution < -0.4 is 10.0 Å². The van der Waals surface area contributed by atoms with Gasteiger partial charge in [0, 0.05) is 18.7 Å². The van der Waals surface area contributed by atoms with E-state index in [4.69, 9.17) is 4.74 Å². The standard InChI is InChI=1S/C19H21N3O8S/c23-18(24)17(21-31(28,29)16-10-8-15(9-11-16)22(26)27)7-4-12-20-19(25)30-13-14-5-2-1-3-6-14/h1-3,5-6,8-11,17,21H,4,7,12-13H2,(H,20,25)(H,23,24)/t17-/m0/s1. The number of ether oxygens (including phenoxy) is 1. The average molecular weight is 451 g/mol. The number of carboxylic acid groups (broad SMARTS) is 1. The van der Waals surface area contributed by atoms with Crippen molar-refractivity contribution in [1.29, 1.82) is 0 Å². The van der Waals surface area contributed by atoms with Crippen molar-refractivity contribution in [1.82, 2.24) is 10.0 Å². The van der Waals surface area contributed by atoms with Gasteiger partial charge < -0.3 is 15.2 Å². The molecule has 2 aromatic rings. The molecule has 0 radical (unpaired) electrons. The molecule has 11 nitrogen and oxygen atoms in total. The van der Waals surface area contributed by atoms with E-state index in [2.05, 4.69) is 10.0 Å². The molecule has 2 rings (SSSR count). The average Bonchev–Trinajstić information content (AvgIpc) is 2.75. The number of amides is 1. The van der Waals surface area contributed by atoms with Gasteiger partial charge in [0.05, 0.1) is 9.82 Å². The van der Waals surface area contributed by atoms with Gasteiger partial charge in [-0.3, -0.25) is 14.9 Å². The molecule has 0 saturated heterocycles. The Kier molecular flexibility index (Phi) is 8.46. The first-order valence-electron chi connectivity index (χ1n) is 9.13. The molecule has 0 heterocycles. The van der Waals surface area contributed by atoms with E-state index < -0.39 is 33.1 Å². The number of carbonyl (C=O) groups is 2. The van der Waals surface area contributed by atoms with Gasteiger partial charge in [-0.2, -0.15) is 4.72 Å². The summed E-state index contributed by atoms with van der Waals surface area (Å²) in [5.41, 5.74) is 0.517. The van der Waals surface area contributed by atoms with Crippen molar-refractivity contribution in [2.45, 2.75) is 30.4 Å². The molecule has 0 unspecified atom stereocenters. The van der Waals surface area contributed by atoms with Gasteiger partial charge in [-0.05, 0) is 30.5 Å². The highest BCUT2D eigenvalue weighted by atomic mass is 32.2. The highest BCUT2D eigenvalue weighted by molar-refractivity contribution is 7.89. The van der Waals surface area contributed by atoms with E-state index in [9.17, 15) is 33.2 Å². The minimum atomic E-state index is -4.21. The number of rotatable bonds is 11. The van der Waals surface area contributed by atoms with Crippen LogP contribution in [0.1, 0.15) is 18.4 Å². The maximum Gasteiger partial charge on any atom is 0.407 e. The van der Waals surface area contributed by atoms with E-state index in [1.807, 2.05) is 6.07 Å². The van der Waals surface area contributed by atoms with Gasteiger partial charge >= 0.3 is 12.1 Å². The van der Waals surface area contributed by atoms with Crippen LogP contribution in [-0.4, -0.2) is 43.1 Å². The van der Waals surface area contributed by atoms with Crippen molar-refractivity contribution < 1.29 is 32.8 Å². The molecule has 0 aliphatic rings. The van der Waals surface area contributed by atoms with Crippen LogP contribution >= 0.6 is 0 Å². The van der Waals surface area contributed by atoms with Gasteiger partial charge in [0.15, 0.2) is 0 Å². The Hall–Kier alpha value is -3.51. The van der Waals surface area contributed by atoms with Crippen LogP contribution in [0.5, 0.6) is 0 Å². The lowest BCUT2D eigenvalue weighted by atomic mass is 10.2. The third kappa shape index (κ3) is 7.68. The van der Waals surface area contributed by atoms with Crippen molar-refractivity contribution >= 4 is 27.8 Å². The van der Waals surface area contributed by atoms with Crippen LogP contribution in [0.2, 0.25) is 0 Å². The van der Waals surface area contributed by atoms with Crippen molar-refractivity contribution in [3.63, 3.8) is 0 Å². The number of nitro groups is 1. The lowest BCUT2D eigenvalue weighted by Gasteiger charge is -2.15. The first-order chi connectivity index (χ1) is 14.7. The summed E-state index contributed by atoms with van der Waals surface area (Å²) in [6.45, 7) is 0.163. The molecule has 0 bridgehead atoms. The Balaban J connectivity index is 1.82. The Morgan fingerprint density at radius 3 is 2.32 bits per heavy atom. The first-order valence-corrected chi connectivity index (χ1v) is 10.6. The zero-order valence-electron chi connectivity index (χ0n) is 16.3. The summed E-state index contributed by atoms with van der Waals surface area (Å²) in [5, 5.41) is 22.4. The molecule has 0 aliphatic carbocycles. The molecular formula is C19H21N3O8S. The predicted molar refractivity (Wildman–Crippen MR) is 109 cm³/mol. The largest absolute Gasteiger partial charge is 0.480 e. The molecule has 1 amide bonds. The Morgan fingerprint density at radius 1 is 1.10 bits per heavy atom. The first kappa shape index (κ1) is 23.8. The summed E-state index contributed by atoms with van der Waals surface area (Å²) in [6, 6.07) is 11.6. The SMILES string of the molecule is O=C(NCCC[C@H](NS(=O)(=O)c1ccc([N+](=O)[O-])cc1)C(=O)O)OCc1ccccc1. The molecule has 1 atom stereocenters. The lowest BCUT2D eigenvalue weighted by molar-refractivity contribution is -0.384. The van der Waals surface area contributed by atoms with Crippen LogP contribution in [-0.2, 0) is 26.2 Å². The Labute approximate surface area is 178 Å². The van der Waals surface area contributed by atoms with Gasteiger partial charge in [0.1, 0.15) is 12.6 Å². The number of carboxylic acids is 1. The molecule has 0 spiro atoms. The fraction of sp³-hybridized carbons (Fsp3) is 0.263. The zero-order valence-corrected chi connectivity index (χ0v) is 17.1. The molecule has 2 aromatic carbocycles. The monoisotopic (exact) mass is 451 g/mol. The summed E-state index contributed by atoms with van der Waals surface area (Å²) >= 11 is 0. The number of hydrogen-bond acceptors (Lipinski definition) is 7. The number of nitrogens with zero attached hydrogens (tertiary/aromatic N) is 1. The molecule has 0 saturated carbocycles. The minimum Gasteiger partial charge on any atom is -0.480 e. The van der Waals surface area contributed by atoms with Crippen molar-refractivity contribution in [3.05, 3.63) is 70.3 Å². The fourth-order valence-corrected chi connectivity index (χ4v) is 3.73. The summed E-state index contributed by atoms with van der Waals surface area (Å²) in [5.74, 6) is -1.39. The number of benzene rings is 2. The number of carbonyl (C=O) groups excluding carboxylic acids is 1. The summed E-state index contributed by atoms with van der Waals surface area (Å²) < 4.78 is 31.8. The van der Waals surface area contributed by atoms with Crippen LogP contribution in [0.4, 0.5) is 10.5 Å². The van der Waals surface area contributed by atoms with Crippen LogP contribution in [0, 0.1) is 10.1 Å². The van der Waals surface area contributed by atoms with E-state index in [0.29, 0.717) is 0 Å². The van der Waals surface area contributed by atoms with Crippen LogP contribution in [0.15, 0.2) is 59.5 Å². The van der Waals surface area contributed by atoms with E-state index in [-0.39, 0.29) is 36.6 Å². The minimum absolute atomic E-state index is 0.0800. The number of sulfonamides is 1. The molecule has 0 aromatic heterocycles. The number of hydrogen-bond donors (Lipinski definition) is 3. The molecule has 3 N–H and O–H groups in total. The Bertz CT molecular complexity index is 1010. The molecule has 31 heavy (non-hydrogen) atoms. The summed E-state index contributed by atoms with van der Waals surface area (Å²) in [7, 11) is -4.21. The maximum atomic E-state index is 12.4. The summed E-state index contributed by atoms with van der Waals surface area (Å²) in [6.07, 6.45) is -0.608. The van der Waals surface area contributed by atoms with Crippen molar-refractivity contribution in [2.24, 2.45) is 0 Å². The Morgan fingerprint density at radius 2 is 1.74 bits per heavy atom. The van der Waals surface area contributed by atoms with E-state index >= 15 is 0 Å². The van der Waals surface area contributed by atoms with Gasteiger partial charge in [0.2, 0.25) is 10.0 Å². The van der Waals surface area contributed by atoms with Crippen LogP contribution in [0.25, 0.3) is 0 Å². The summed E-state index contributed by atoms with van der Waals surface area (Å²) in [4.78, 5) is 32.8. The topological polar surface area (TPSA) is 165 Å². The quantitative estimate of drug-likeness (QED) is 0.265. The second-order valence-corrected chi connectivity index (χ2v) is 8.11. The molecular weight excluding hydrogens is 430 g/mol. The predicted octanol–water partition coefficient (Wildman–Crippen LogP) is 2.03. The molecule has 166 valence electrons.